The van der Waals surface area contributed by atoms with Crippen LogP contribution in [0.15, 0.2) is 59.8 Å². The molecule has 6 heteroatoms. The molecular weight excluding hydrogens is 396 g/mol. The van der Waals surface area contributed by atoms with Gasteiger partial charge in [-0.2, -0.15) is 0 Å². The van der Waals surface area contributed by atoms with Crippen molar-refractivity contribution in [3.05, 3.63) is 59.8 Å². The van der Waals surface area contributed by atoms with Gasteiger partial charge in [0.1, 0.15) is 5.60 Å². The average Bonchev–Trinajstić information content (AvgIpc) is 2.68. The van der Waals surface area contributed by atoms with Crippen molar-refractivity contribution in [1.29, 1.82) is 0 Å². The van der Waals surface area contributed by atoms with E-state index in [0.29, 0.717) is 18.4 Å². The molecule has 0 amide bonds. The molecule has 0 fully saturated rings. The lowest BCUT2D eigenvalue weighted by atomic mass is 9.79. The van der Waals surface area contributed by atoms with Gasteiger partial charge in [-0.15, -0.1) is 0 Å². The number of esters is 1. The zero-order chi connectivity index (χ0) is 23.8. The number of aliphatic hydroxyl groups is 2. The fraction of sp³-hybridized carbons (Fsp3) is 0.480. The number of aliphatic hydroxyl groups excluding tert-OH is 1. The topological polar surface area (TPSA) is 101 Å². The van der Waals surface area contributed by atoms with Crippen molar-refractivity contribution in [3.63, 3.8) is 0 Å². The summed E-state index contributed by atoms with van der Waals surface area (Å²) in [6.07, 6.45) is 8.79. The normalized spacial score (nSPS) is 30.2. The number of carbonyl (C=O) groups excluding carboxylic acids is 3. The summed E-state index contributed by atoms with van der Waals surface area (Å²) in [5.41, 5.74) is -0.857. The molecule has 0 radical (unpaired) electrons. The van der Waals surface area contributed by atoms with Crippen molar-refractivity contribution < 1.29 is 29.3 Å². The van der Waals surface area contributed by atoms with Crippen LogP contribution in [0.4, 0.5) is 0 Å². The molecule has 31 heavy (non-hydrogen) atoms. The third kappa shape index (κ3) is 8.59. The van der Waals surface area contributed by atoms with Gasteiger partial charge in [0.05, 0.1) is 6.61 Å². The Morgan fingerprint density at radius 3 is 2.45 bits per heavy atom. The van der Waals surface area contributed by atoms with E-state index < -0.39 is 35.5 Å². The lowest BCUT2D eigenvalue weighted by molar-refractivity contribution is -0.148. The van der Waals surface area contributed by atoms with Crippen molar-refractivity contribution in [2.45, 2.75) is 65.6 Å². The summed E-state index contributed by atoms with van der Waals surface area (Å²) in [6, 6.07) is 0. The molecule has 1 aliphatic carbocycles. The van der Waals surface area contributed by atoms with Crippen molar-refractivity contribution in [3.8, 4) is 0 Å². The van der Waals surface area contributed by atoms with Crippen LogP contribution in [0, 0.1) is 5.41 Å². The van der Waals surface area contributed by atoms with Gasteiger partial charge in [-0.3, -0.25) is 9.59 Å². The Labute approximate surface area is 184 Å². The Bertz CT molecular complexity index is 836. The maximum atomic E-state index is 12.5. The summed E-state index contributed by atoms with van der Waals surface area (Å²) in [5, 5.41) is 20.5. The predicted octanol–water partition coefficient (Wildman–Crippen LogP) is 3.55. The number of allylic oxidation sites excluding steroid dienone is 5. The highest BCUT2D eigenvalue weighted by Crippen LogP contribution is 2.33. The molecule has 0 aromatic heterocycles. The maximum absolute atomic E-state index is 12.5. The van der Waals surface area contributed by atoms with Crippen LogP contribution in [0.1, 0.15) is 53.9 Å². The van der Waals surface area contributed by atoms with E-state index >= 15 is 0 Å². The molecule has 0 bridgehead atoms. The van der Waals surface area contributed by atoms with E-state index in [2.05, 4.69) is 6.58 Å². The van der Waals surface area contributed by atoms with E-state index in [0.717, 1.165) is 5.57 Å². The molecule has 6 nitrogen and oxygen atoms in total. The van der Waals surface area contributed by atoms with Gasteiger partial charge < -0.3 is 14.9 Å². The molecule has 0 saturated heterocycles. The Hall–Kier alpha value is -2.57. The summed E-state index contributed by atoms with van der Waals surface area (Å²) in [7, 11) is 0. The van der Waals surface area contributed by atoms with Gasteiger partial charge in [0.15, 0.2) is 17.7 Å². The van der Waals surface area contributed by atoms with E-state index in [1.165, 1.54) is 25.2 Å². The van der Waals surface area contributed by atoms with Crippen LogP contribution < -0.4 is 0 Å². The van der Waals surface area contributed by atoms with Crippen LogP contribution in [-0.4, -0.2) is 46.1 Å². The number of carbonyl (C=O) groups is 3. The monoisotopic (exact) mass is 430 g/mol. The number of hydrogen-bond donors (Lipinski definition) is 2. The quantitative estimate of drug-likeness (QED) is 0.364. The molecule has 0 aliphatic heterocycles. The van der Waals surface area contributed by atoms with Crippen LogP contribution in [0.25, 0.3) is 0 Å². The maximum Gasteiger partial charge on any atom is 0.331 e. The molecule has 0 aromatic carbocycles. The Kier molecular flexibility index (Phi) is 9.53. The van der Waals surface area contributed by atoms with E-state index in [4.69, 9.17) is 4.74 Å². The van der Waals surface area contributed by atoms with Crippen LogP contribution >= 0.6 is 0 Å². The molecule has 3 atom stereocenters. The highest BCUT2D eigenvalue weighted by molar-refractivity contribution is 6.04. The van der Waals surface area contributed by atoms with Gasteiger partial charge in [-0.25, -0.2) is 4.79 Å². The smallest absolute Gasteiger partial charge is 0.331 e. The van der Waals surface area contributed by atoms with Crippen molar-refractivity contribution in [2.24, 2.45) is 5.41 Å². The number of Topliss-reactive ketones (excluding diaryl/α,β-unsaturated/α-hetero) is 1. The molecule has 170 valence electrons. The van der Waals surface area contributed by atoms with Crippen LogP contribution in [0.5, 0.6) is 0 Å². The van der Waals surface area contributed by atoms with Gasteiger partial charge >= 0.3 is 5.97 Å². The first-order valence-corrected chi connectivity index (χ1v) is 10.3. The number of ether oxygens (including phenoxy) is 1. The number of rotatable bonds is 7. The van der Waals surface area contributed by atoms with Gasteiger partial charge in [0, 0.05) is 18.1 Å². The lowest BCUT2D eigenvalue weighted by Gasteiger charge is -2.29. The molecule has 0 spiro atoms. The first-order chi connectivity index (χ1) is 14.3. The predicted molar refractivity (Wildman–Crippen MR) is 120 cm³/mol. The summed E-state index contributed by atoms with van der Waals surface area (Å²) in [6.45, 7) is 11.7. The van der Waals surface area contributed by atoms with Gasteiger partial charge in [0.25, 0.3) is 0 Å². The van der Waals surface area contributed by atoms with Gasteiger partial charge in [-0.05, 0) is 69.8 Å². The summed E-state index contributed by atoms with van der Waals surface area (Å²) in [4.78, 5) is 36.8. The third-order valence-corrected chi connectivity index (χ3v) is 5.17. The highest BCUT2D eigenvalue weighted by atomic mass is 16.6. The van der Waals surface area contributed by atoms with E-state index in [-0.39, 0.29) is 17.8 Å². The van der Waals surface area contributed by atoms with Gasteiger partial charge in [0.2, 0.25) is 0 Å². The van der Waals surface area contributed by atoms with Crippen LogP contribution in [0.3, 0.4) is 0 Å². The second-order valence-electron chi connectivity index (χ2n) is 8.81. The fourth-order valence-corrected chi connectivity index (χ4v) is 2.98. The molecular formula is C25H34O6. The van der Waals surface area contributed by atoms with Crippen molar-refractivity contribution >= 4 is 17.5 Å². The number of hydrogen-bond acceptors (Lipinski definition) is 6. The van der Waals surface area contributed by atoms with E-state index in [1.807, 2.05) is 6.92 Å². The van der Waals surface area contributed by atoms with E-state index in [1.54, 1.807) is 39.0 Å². The first kappa shape index (κ1) is 26.5. The standard InChI is InChI=1S/C25H34O6/c1-17(2)15-23(29)31-22-10-13-24(5,12-8-20(27)18(3)4)11-7-19(16-26)21(28)9-14-25(22,6)30/h7,9-10,13-15,22,26,30H,3,8,11-12,16H2,1-2,4-6H3/b13-10+,14-9+,19-7-. The molecule has 0 saturated carbocycles. The second kappa shape index (κ2) is 11.2. The largest absolute Gasteiger partial charge is 0.452 e. The molecule has 0 heterocycles. The summed E-state index contributed by atoms with van der Waals surface area (Å²) >= 11 is 0. The zero-order valence-electron chi connectivity index (χ0n) is 19.1. The summed E-state index contributed by atoms with van der Waals surface area (Å²) < 4.78 is 5.47. The minimum absolute atomic E-state index is 0.0634. The average molecular weight is 431 g/mol. The summed E-state index contributed by atoms with van der Waals surface area (Å²) in [5.74, 6) is -1.12. The molecule has 2 N–H and O–H groups in total. The minimum atomic E-state index is -1.67. The fourth-order valence-electron chi connectivity index (χ4n) is 2.98. The van der Waals surface area contributed by atoms with Gasteiger partial charge in [-0.1, -0.05) is 31.2 Å². The molecule has 0 aromatic rings. The Balaban J connectivity index is 3.40. The second-order valence-corrected chi connectivity index (χ2v) is 8.81. The third-order valence-electron chi connectivity index (χ3n) is 5.17. The molecule has 3 unspecified atom stereocenters. The van der Waals surface area contributed by atoms with E-state index in [9.17, 15) is 24.6 Å². The molecule has 1 rings (SSSR count). The lowest BCUT2D eigenvalue weighted by Crippen LogP contribution is -2.39. The SMILES string of the molecule is C=C(C)C(=O)CCC1(C)/C=C/C(OC(=O)C=C(C)C)C(C)(O)/C=C/C(=O)/C(CO)=C\C1. The zero-order valence-corrected chi connectivity index (χ0v) is 19.1. The first-order valence-electron chi connectivity index (χ1n) is 10.3. The number of ketones is 2. The minimum Gasteiger partial charge on any atom is -0.452 e. The Morgan fingerprint density at radius 1 is 1.26 bits per heavy atom. The molecule has 1 aliphatic rings. The highest BCUT2D eigenvalue weighted by Gasteiger charge is 2.33. The Morgan fingerprint density at radius 2 is 1.90 bits per heavy atom. The van der Waals surface area contributed by atoms with Crippen LogP contribution in [0.2, 0.25) is 0 Å². The van der Waals surface area contributed by atoms with Crippen LogP contribution in [-0.2, 0) is 19.1 Å². The van der Waals surface area contributed by atoms with Crippen molar-refractivity contribution in [1.82, 2.24) is 0 Å². The van der Waals surface area contributed by atoms with Crippen molar-refractivity contribution in [2.75, 3.05) is 6.61 Å².